The van der Waals surface area contributed by atoms with Crippen molar-refractivity contribution < 1.29 is 14.3 Å². The average molecular weight is 494 g/mol. The molecule has 192 valence electrons. The van der Waals surface area contributed by atoms with Gasteiger partial charge in [-0.2, -0.15) is 0 Å². The number of para-hydroxylation sites is 1. The van der Waals surface area contributed by atoms with Crippen LogP contribution in [0.4, 0.5) is 22.9 Å². The molecule has 3 N–H and O–H groups in total. The Morgan fingerprint density at radius 2 is 1.94 bits per heavy atom. The van der Waals surface area contributed by atoms with Crippen molar-refractivity contribution in [3.05, 3.63) is 48.4 Å². The van der Waals surface area contributed by atoms with E-state index in [0.29, 0.717) is 47.3 Å². The van der Waals surface area contributed by atoms with Gasteiger partial charge in [0.2, 0.25) is 5.91 Å². The normalized spacial score (nSPS) is 16.3. The zero-order chi connectivity index (χ0) is 25.7. The average Bonchev–Trinajstić information content (AvgIpc) is 3.31. The van der Waals surface area contributed by atoms with Crippen LogP contribution >= 0.6 is 0 Å². The summed E-state index contributed by atoms with van der Waals surface area (Å²) >= 11 is 0. The standard InChI is InChI=1S/C26H35N7O3/c1-5-23(34)19-17-27-24(29-25(35)15-18-9-11-31(2)12-10-18)16-21(19)28-20-7-6-8-22(26(20)36-4)33-14-13-32(3)30-33/h6-8,13-14,16-18,30H,5,9-12,15H2,1-4H3,(H2,27,28,29,35). The highest BCUT2D eigenvalue weighted by molar-refractivity contribution is 6.02. The Morgan fingerprint density at radius 3 is 2.61 bits per heavy atom. The molecule has 4 rings (SSSR count). The van der Waals surface area contributed by atoms with E-state index in [1.807, 2.05) is 54.6 Å². The zero-order valence-electron chi connectivity index (χ0n) is 21.4. The van der Waals surface area contributed by atoms with Gasteiger partial charge in [0.05, 0.1) is 24.0 Å². The van der Waals surface area contributed by atoms with Gasteiger partial charge in [0.1, 0.15) is 11.5 Å². The van der Waals surface area contributed by atoms with Crippen LogP contribution in [0.1, 0.15) is 43.0 Å². The fourth-order valence-corrected chi connectivity index (χ4v) is 4.47. The molecule has 3 heterocycles. The molecule has 1 fully saturated rings. The second-order valence-corrected chi connectivity index (χ2v) is 9.25. The number of methoxy groups -OCH3 is 1. The van der Waals surface area contributed by atoms with Crippen molar-refractivity contribution in [2.45, 2.75) is 32.6 Å². The lowest BCUT2D eigenvalue weighted by molar-refractivity contribution is -0.117. The quantitative estimate of drug-likeness (QED) is 0.451. The van der Waals surface area contributed by atoms with Crippen molar-refractivity contribution in [2.24, 2.45) is 5.92 Å². The molecular weight excluding hydrogens is 458 g/mol. The van der Waals surface area contributed by atoms with Gasteiger partial charge in [-0.1, -0.05) is 13.0 Å². The molecule has 1 saturated heterocycles. The molecule has 0 aliphatic carbocycles. The minimum Gasteiger partial charge on any atom is -0.492 e. The molecule has 1 aromatic carbocycles. The van der Waals surface area contributed by atoms with E-state index in [1.54, 1.807) is 13.2 Å². The Bertz CT molecular complexity index is 1130. The largest absolute Gasteiger partial charge is 0.492 e. The molecule has 0 spiro atoms. The number of anilines is 4. The fraction of sp³-hybridized carbons (Fsp3) is 0.423. The number of hydrogen-bond acceptors (Lipinski definition) is 9. The summed E-state index contributed by atoms with van der Waals surface area (Å²) < 4.78 is 5.74. The summed E-state index contributed by atoms with van der Waals surface area (Å²) in [6.07, 6.45) is 8.13. The molecule has 1 aromatic heterocycles. The number of piperidine rings is 1. The van der Waals surface area contributed by atoms with Crippen molar-refractivity contribution in [1.29, 1.82) is 0 Å². The summed E-state index contributed by atoms with van der Waals surface area (Å²) in [5.41, 5.74) is 5.67. The Labute approximate surface area is 212 Å². The first-order chi connectivity index (χ1) is 17.4. The van der Waals surface area contributed by atoms with Gasteiger partial charge in [-0.15, -0.1) is 5.53 Å². The number of hydrogen-bond donors (Lipinski definition) is 3. The van der Waals surface area contributed by atoms with Gasteiger partial charge in [0.25, 0.3) is 0 Å². The van der Waals surface area contributed by atoms with Gasteiger partial charge in [-0.25, -0.2) is 4.98 Å². The lowest BCUT2D eigenvalue weighted by atomic mass is 9.93. The molecule has 36 heavy (non-hydrogen) atoms. The Balaban J connectivity index is 1.56. The molecule has 0 atom stereocenters. The summed E-state index contributed by atoms with van der Waals surface area (Å²) in [6.45, 7) is 3.84. The van der Waals surface area contributed by atoms with E-state index < -0.39 is 0 Å². The number of amides is 1. The van der Waals surface area contributed by atoms with Crippen LogP contribution in [0, 0.1) is 5.92 Å². The van der Waals surface area contributed by atoms with E-state index in [0.717, 1.165) is 31.6 Å². The number of ketones is 1. The van der Waals surface area contributed by atoms with Crippen LogP contribution in [-0.4, -0.2) is 60.9 Å². The van der Waals surface area contributed by atoms with Crippen LogP contribution in [0.3, 0.4) is 0 Å². The molecule has 1 amide bonds. The number of carbonyl (C=O) groups is 2. The molecule has 0 unspecified atom stereocenters. The second kappa shape index (κ2) is 11.4. The molecule has 2 aliphatic rings. The summed E-state index contributed by atoms with van der Waals surface area (Å²) in [5.74, 6) is 1.27. The topological polar surface area (TPSA) is 102 Å². The third-order valence-corrected chi connectivity index (χ3v) is 6.54. The highest BCUT2D eigenvalue weighted by Gasteiger charge is 2.22. The molecule has 2 aromatic rings. The molecule has 10 heteroatoms. The van der Waals surface area contributed by atoms with E-state index in [4.69, 9.17) is 4.74 Å². The molecule has 10 nitrogen and oxygen atoms in total. The SMILES string of the molecule is CCC(=O)c1cnc(NC(=O)CC2CCN(C)CC2)cc1Nc1cccc(N2C=CN(C)N2)c1OC. The number of hydrazine groups is 2. The number of pyridine rings is 1. The van der Waals surface area contributed by atoms with E-state index in [9.17, 15) is 9.59 Å². The van der Waals surface area contributed by atoms with E-state index in [-0.39, 0.29) is 11.7 Å². The van der Waals surface area contributed by atoms with Crippen LogP contribution in [0.25, 0.3) is 0 Å². The number of benzene rings is 1. The predicted octanol–water partition coefficient (Wildman–Crippen LogP) is 3.74. The maximum atomic E-state index is 12.7. The van der Waals surface area contributed by atoms with Crippen LogP contribution in [0.2, 0.25) is 0 Å². The number of carbonyl (C=O) groups excluding carboxylic acids is 2. The van der Waals surface area contributed by atoms with Crippen LogP contribution in [0.15, 0.2) is 42.9 Å². The van der Waals surface area contributed by atoms with E-state index in [1.165, 1.54) is 6.20 Å². The van der Waals surface area contributed by atoms with E-state index >= 15 is 0 Å². The minimum atomic E-state index is -0.0619. The van der Waals surface area contributed by atoms with Crippen LogP contribution in [0.5, 0.6) is 5.75 Å². The van der Waals surface area contributed by atoms with Crippen molar-refractivity contribution in [2.75, 3.05) is 49.9 Å². The second-order valence-electron chi connectivity index (χ2n) is 9.25. The number of rotatable bonds is 9. The lowest BCUT2D eigenvalue weighted by Crippen LogP contribution is -2.37. The molecule has 0 radical (unpaired) electrons. The predicted molar refractivity (Wildman–Crippen MR) is 141 cm³/mol. The molecule has 0 bridgehead atoms. The lowest BCUT2D eigenvalue weighted by Gasteiger charge is -2.28. The summed E-state index contributed by atoms with van der Waals surface area (Å²) in [6, 6.07) is 7.43. The maximum absolute atomic E-state index is 12.7. The highest BCUT2D eigenvalue weighted by atomic mass is 16.5. The number of nitrogens with one attached hydrogen (secondary N) is 3. The van der Waals surface area contributed by atoms with E-state index in [2.05, 4.69) is 33.1 Å². The molecule has 0 saturated carbocycles. The maximum Gasteiger partial charge on any atom is 0.225 e. The van der Waals surface area contributed by atoms with Crippen molar-refractivity contribution in [3.8, 4) is 5.75 Å². The number of aromatic nitrogens is 1. The van der Waals surface area contributed by atoms with Crippen molar-refractivity contribution in [3.63, 3.8) is 0 Å². The number of likely N-dealkylation sites (tertiary alicyclic amines) is 1. The monoisotopic (exact) mass is 493 g/mol. The third kappa shape index (κ3) is 5.95. The highest BCUT2D eigenvalue weighted by Crippen LogP contribution is 2.38. The van der Waals surface area contributed by atoms with Gasteiger partial charge < -0.3 is 20.3 Å². The first-order valence-corrected chi connectivity index (χ1v) is 12.3. The Kier molecular flexibility index (Phi) is 8.07. The summed E-state index contributed by atoms with van der Waals surface area (Å²) in [4.78, 5) is 32.1. The zero-order valence-corrected chi connectivity index (χ0v) is 21.4. The first-order valence-electron chi connectivity index (χ1n) is 12.3. The van der Waals surface area contributed by atoms with Gasteiger partial charge in [-0.3, -0.25) is 19.6 Å². The molecule has 2 aliphatic heterocycles. The summed E-state index contributed by atoms with van der Waals surface area (Å²) in [5, 5.41) is 9.93. The smallest absolute Gasteiger partial charge is 0.225 e. The van der Waals surface area contributed by atoms with Crippen molar-refractivity contribution >= 4 is 34.6 Å². The van der Waals surface area contributed by atoms with Crippen molar-refractivity contribution in [1.82, 2.24) is 20.4 Å². The third-order valence-electron chi connectivity index (χ3n) is 6.54. The fourth-order valence-electron chi connectivity index (χ4n) is 4.47. The number of ether oxygens (including phenoxy) is 1. The van der Waals surface area contributed by atoms with Gasteiger partial charge in [0, 0.05) is 44.6 Å². The van der Waals surface area contributed by atoms with Gasteiger partial charge in [0.15, 0.2) is 11.5 Å². The Morgan fingerprint density at radius 1 is 1.17 bits per heavy atom. The van der Waals surface area contributed by atoms with Crippen LogP contribution < -0.4 is 25.9 Å². The van der Waals surface area contributed by atoms with Gasteiger partial charge >= 0.3 is 0 Å². The summed E-state index contributed by atoms with van der Waals surface area (Å²) in [7, 11) is 5.61. The number of Topliss-reactive ketones (excluding diaryl/α,β-unsaturated/α-hetero) is 1. The molecular formula is C26H35N7O3. The van der Waals surface area contributed by atoms with Crippen LogP contribution in [-0.2, 0) is 4.79 Å². The minimum absolute atomic E-state index is 0.0462. The Hall–Kier alpha value is -3.63. The van der Waals surface area contributed by atoms with Gasteiger partial charge in [-0.05, 0) is 51.0 Å². The number of nitrogens with zero attached hydrogens (tertiary/aromatic N) is 4. The first kappa shape index (κ1) is 25.5.